The van der Waals surface area contributed by atoms with Crippen molar-refractivity contribution in [3.63, 3.8) is 0 Å². The van der Waals surface area contributed by atoms with Gasteiger partial charge in [-0.15, -0.1) is 0 Å². The number of nitrogens with two attached hydrogens (primary N) is 1. The number of carbonyl (C=O) groups is 1. The van der Waals surface area contributed by atoms with Gasteiger partial charge < -0.3 is 15.8 Å². The lowest BCUT2D eigenvalue weighted by molar-refractivity contribution is -0.137. The van der Waals surface area contributed by atoms with Crippen molar-refractivity contribution in [1.82, 2.24) is 0 Å². The van der Waals surface area contributed by atoms with E-state index in [0.717, 1.165) is 18.2 Å². The first-order chi connectivity index (χ1) is 10.3. The number of nitrogens with one attached hydrogen (secondary N) is 1. The molecular formula is C15H13F3N2O2. The fourth-order valence-electron chi connectivity index (χ4n) is 1.87. The third kappa shape index (κ3) is 3.30. The standard InChI is InChI=1S/C15H13F3N2O2/c1-22-14(21)10-4-2-3-5-12(10)20-13-8-9(15(16,17)18)6-7-11(13)19/h2-8,20H,19H2,1H3. The molecule has 7 heteroatoms. The number of carbonyl (C=O) groups excluding carboxylic acids is 1. The summed E-state index contributed by atoms with van der Waals surface area (Å²) in [5.74, 6) is -0.603. The maximum Gasteiger partial charge on any atom is 0.416 e. The Labute approximate surface area is 124 Å². The number of nitrogen functional groups attached to an aromatic ring is 1. The normalized spacial score (nSPS) is 11.1. The molecule has 0 aliphatic carbocycles. The Morgan fingerprint density at radius 3 is 2.45 bits per heavy atom. The van der Waals surface area contributed by atoms with Crippen LogP contribution in [0.1, 0.15) is 15.9 Å². The van der Waals surface area contributed by atoms with Crippen LogP contribution in [0.3, 0.4) is 0 Å². The summed E-state index contributed by atoms with van der Waals surface area (Å²) in [5, 5.41) is 2.74. The number of ether oxygens (including phenoxy) is 1. The van der Waals surface area contributed by atoms with Gasteiger partial charge in [0.15, 0.2) is 0 Å². The van der Waals surface area contributed by atoms with E-state index in [1.165, 1.54) is 13.2 Å². The molecule has 2 rings (SSSR count). The summed E-state index contributed by atoms with van der Waals surface area (Å²) in [6, 6.07) is 9.25. The average Bonchev–Trinajstić information content (AvgIpc) is 2.48. The predicted octanol–water partition coefficient (Wildman–Crippen LogP) is 3.82. The van der Waals surface area contributed by atoms with Crippen LogP contribution >= 0.6 is 0 Å². The molecule has 0 aliphatic heterocycles. The molecule has 0 fully saturated rings. The maximum atomic E-state index is 12.8. The molecule has 0 saturated heterocycles. The van der Waals surface area contributed by atoms with Crippen LogP contribution in [0.4, 0.5) is 30.2 Å². The number of hydrogen-bond donors (Lipinski definition) is 2. The number of anilines is 3. The van der Waals surface area contributed by atoms with E-state index in [-0.39, 0.29) is 16.9 Å². The molecule has 0 atom stereocenters. The van der Waals surface area contributed by atoms with Crippen LogP contribution in [0.5, 0.6) is 0 Å². The summed E-state index contributed by atoms with van der Waals surface area (Å²) in [5.41, 5.74) is 5.56. The lowest BCUT2D eigenvalue weighted by atomic mass is 10.1. The second-order valence-electron chi connectivity index (χ2n) is 4.46. The summed E-state index contributed by atoms with van der Waals surface area (Å²) in [7, 11) is 1.22. The van der Waals surface area contributed by atoms with Gasteiger partial charge in [-0.05, 0) is 30.3 Å². The minimum Gasteiger partial charge on any atom is -0.465 e. The summed E-state index contributed by atoms with van der Waals surface area (Å²) in [6.45, 7) is 0. The van der Waals surface area contributed by atoms with Crippen LogP contribution in [0.25, 0.3) is 0 Å². The number of alkyl halides is 3. The summed E-state index contributed by atoms with van der Waals surface area (Å²) < 4.78 is 42.9. The van der Waals surface area contributed by atoms with Crippen molar-refractivity contribution in [2.45, 2.75) is 6.18 Å². The second kappa shape index (κ2) is 5.97. The van der Waals surface area contributed by atoms with Gasteiger partial charge in [0.1, 0.15) is 0 Å². The van der Waals surface area contributed by atoms with Crippen LogP contribution < -0.4 is 11.1 Å². The number of methoxy groups -OCH3 is 1. The van der Waals surface area contributed by atoms with E-state index in [1.54, 1.807) is 18.2 Å². The molecule has 4 nitrogen and oxygen atoms in total. The van der Waals surface area contributed by atoms with Gasteiger partial charge in [0.2, 0.25) is 0 Å². The molecule has 116 valence electrons. The van der Waals surface area contributed by atoms with Gasteiger partial charge in [0.25, 0.3) is 0 Å². The predicted molar refractivity (Wildman–Crippen MR) is 76.9 cm³/mol. The summed E-state index contributed by atoms with van der Waals surface area (Å²) in [4.78, 5) is 11.7. The molecule has 0 bridgehead atoms. The zero-order valence-electron chi connectivity index (χ0n) is 11.6. The van der Waals surface area contributed by atoms with Crippen molar-refractivity contribution in [1.29, 1.82) is 0 Å². The van der Waals surface area contributed by atoms with Gasteiger partial charge in [-0.2, -0.15) is 13.2 Å². The molecule has 3 N–H and O–H groups in total. The van der Waals surface area contributed by atoms with Gasteiger partial charge in [0.05, 0.1) is 35.3 Å². The molecule has 22 heavy (non-hydrogen) atoms. The molecular weight excluding hydrogens is 297 g/mol. The Morgan fingerprint density at radius 1 is 1.14 bits per heavy atom. The highest BCUT2D eigenvalue weighted by Crippen LogP contribution is 2.34. The first kappa shape index (κ1) is 15.7. The second-order valence-corrected chi connectivity index (χ2v) is 4.46. The highest BCUT2D eigenvalue weighted by Gasteiger charge is 2.31. The molecule has 0 aromatic heterocycles. The van der Waals surface area contributed by atoms with E-state index in [0.29, 0.717) is 5.69 Å². The number of hydrogen-bond acceptors (Lipinski definition) is 4. The SMILES string of the molecule is COC(=O)c1ccccc1Nc1cc(C(F)(F)F)ccc1N. The van der Waals surface area contributed by atoms with Crippen LogP contribution in [-0.4, -0.2) is 13.1 Å². The van der Waals surface area contributed by atoms with Crippen LogP contribution in [0.2, 0.25) is 0 Å². The molecule has 0 radical (unpaired) electrons. The van der Waals surface area contributed by atoms with Gasteiger partial charge >= 0.3 is 12.1 Å². The molecule has 0 spiro atoms. The topological polar surface area (TPSA) is 64.3 Å². The van der Waals surface area contributed by atoms with Crippen LogP contribution in [0.15, 0.2) is 42.5 Å². The zero-order chi connectivity index (χ0) is 16.3. The number of halogens is 3. The van der Waals surface area contributed by atoms with Gasteiger partial charge in [-0.25, -0.2) is 4.79 Å². The lowest BCUT2D eigenvalue weighted by Crippen LogP contribution is -2.09. The maximum absolute atomic E-state index is 12.8. The Hall–Kier alpha value is -2.70. The highest BCUT2D eigenvalue weighted by molar-refractivity contribution is 5.97. The molecule has 2 aromatic rings. The smallest absolute Gasteiger partial charge is 0.416 e. The Kier molecular flexibility index (Phi) is 4.25. The Balaban J connectivity index is 2.42. The molecule has 0 aliphatic rings. The lowest BCUT2D eigenvalue weighted by Gasteiger charge is -2.15. The molecule has 2 aromatic carbocycles. The number of rotatable bonds is 3. The largest absolute Gasteiger partial charge is 0.465 e. The van der Waals surface area contributed by atoms with Crippen molar-refractivity contribution in [2.24, 2.45) is 0 Å². The van der Waals surface area contributed by atoms with Crippen molar-refractivity contribution in [2.75, 3.05) is 18.2 Å². The van der Waals surface area contributed by atoms with Gasteiger partial charge in [0, 0.05) is 0 Å². The van der Waals surface area contributed by atoms with Crippen molar-refractivity contribution in [3.8, 4) is 0 Å². The van der Waals surface area contributed by atoms with E-state index in [1.807, 2.05) is 0 Å². The van der Waals surface area contributed by atoms with Crippen LogP contribution in [-0.2, 0) is 10.9 Å². The quantitative estimate of drug-likeness (QED) is 0.668. The zero-order valence-corrected chi connectivity index (χ0v) is 11.6. The van der Waals surface area contributed by atoms with E-state index in [2.05, 4.69) is 10.1 Å². The van der Waals surface area contributed by atoms with E-state index < -0.39 is 17.7 Å². The number of esters is 1. The number of para-hydroxylation sites is 1. The first-order valence-corrected chi connectivity index (χ1v) is 6.24. The Bertz CT molecular complexity index is 699. The first-order valence-electron chi connectivity index (χ1n) is 6.24. The average molecular weight is 310 g/mol. The fourth-order valence-corrected chi connectivity index (χ4v) is 1.87. The summed E-state index contributed by atoms with van der Waals surface area (Å²) in [6.07, 6.45) is -4.48. The Morgan fingerprint density at radius 2 is 1.82 bits per heavy atom. The van der Waals surface area contributed by atoms with Gasteiger partial charge in [-0.1, -0.05) is 12.1 Å². The van der Waals surface area contributed by atoms with Gasteiger partial charge in [-0.3, -0.25) is 0 Å². The molecule has 0 amide bonds. The van der Waals surface area contributed by atoms with E-state index in [4.69, 9.17) is 5.73 Å². The number of benzene rings is 2. The molecule has 0 unspecified atom stereocenters. The third-order valence-electron chi connectivity index (χ3n) is 2.98. The minimum atomic E-state index is -4.48. The van der Waals surface area contributed by atoms with E-state index >= 15 is 0 Å². The molecule has 0 heterocycles. The minimum absolute atomic E-state index is 0.0613. The fraction of sp³-hybridized carbons (Fsp3) is 0.133. The highest BCUT2D eigenvalue weighted by atomic mass is 19.4. The molecule has 0 saturated carbocycles. The van der Waals surface area contributed by atoms with Crippen molar-refractivity contribution >= 4 is 23.0 Å². The van der Waals surface area contributed by atoms with Crippen LogP contribution in [0, 0.1) is 0 Å². The van der Waals surface area contributed by atoms with Crippen molar-refractivity contribution in [3.05, 3.63) is 53.6 Å². The third-order valence-corrected chi connectivity index (χ3v) is 2.98. The van der Waals surface area contributed by atoms with E-state index in [9.17, 15) is 18.0 Å². The summed E-state index contributed by atoms with van der Waals surface area (Å²) >= 11 is 0. The van der Waals surface area contributed by atoms with Crippen molar-refractivity contribution < 1.29 is 22.7 Å². The monoisotopic (exact) mass is 310 g/mol.